The molecule has 7 heteroatoms. The van der Waals surface area contributed by atoms with E-state index in [1.54, 1.807) is 36.4 Å². The van der Waals surface area contributed by atoms with Crippen LogP contribution in [0.1, 0.15) is 12.5 Å². The van der Waals surface area contributed by atoms with Gasteiger partial charge in [-0.3, -0.25) is 4.79 Å². The number of ether oxygens (including phenoxy) is 1. The van der Waals surface area contributed by atoms with Gasteiger partial charge in [-0.1, -0.05) is 29.8 Å². The molecule has 128 valence electrons. The summed E-state index contributed by atoms with van der Waals surface area (Å²) in [5.74, 6) is 0.0228. The predicted molar refractivity (Wildman–Crippen MR) is 92.6 cm³/mol. The Kier molecular flexibility index (Phi) is 5.58. The molecule has 1 atom stereocenters. The second-order valence-electron chi connectivity index (χ2n) is 5.35. The maximum absolute atomic E-state index is 12.3. The van der Waals surface area contributed by atoms with Gasteiger partial charge in [-0.15, -0.1) is 0 Å². The van der Waals surface area contributed by atoms with E-state index in [2.05, 4.69) is 10.0 Å². The van der Waals surface area contributed by atoms with E-state index < -0.39 is 22.0 Å². The van der Waals surface area contributed by atoms with Crippen LogP contribution in [-0.2, 0) is 14.8 Å². The van der Waals surface area contributed by atoms with Crippen molar-refractivity contribution >= 4 is 21.6 Å². The third-order valence-electron chi connectivity index (χ3n) is 3.42. The highest BCUT2D eigenvalue weighted by atomic mass is 32.2. The van der Waals surface area contributed by atoms with Crippen LogP contribution in [0.5, 0.6) is 5.75 Å². The zero-order valence-corrected chi connectivity index (χ0v) is 14.6. The molecule has 0 aliphatic rings. The average Bonchev–Trinajstić information content (AvgIpc) is 2.55. The molecule has 0 radical (unpaired) electrons. The molecule has 6 nitrogen and oxygen atoms in total. The monoisotopic (exact) mass is 348 g/mol. The van der Waals surface area contributed by atoms with E-state index in [1.165, 1.54) is 26.2 Å². The highest BCUT2D eigenvalue weighted by molar-refractivity contribution is 7.89. The normalized spacial score (nSPS) is 12.5. The molecule has 0 saturated carbocycles. The van der Waals surface area contributed by atoms with Crippen LogP contribution < -0.4 is 14.8 Å². The predicted octanol–water partition coefficient (Wildman–Crippen LogP) is 2.31. The van der Waals surface area contributed by atoms with Crippen LogP contribution >= 0.6 is 0 Å². The van der Waals surface area contributed by atoms with Gasteiger partial charge in [-0.05, 0) is 38.1 Å². The lowest BCUT2D eigenvalue weighted by atomic mass is 10.2. The number of hydrogen-bond donors (Lipinski definition) is 2. The Balaban J connectivity index is 2.09. The highest BCUT2D eigenvalue weighted by Crippen LogP contribution is 2.23. The minimum absolute atomic E-state index is 0.116. The van der Waals surface area contributed by atoms with Crippen molar-refractivity contribution in [2.24, 2.45) is 0 Å². The van der Waals surface area contributed by atoms with Crippen LogP contribution in [-0.4, -0.2) is 27.5 Å². The van der Waals surface area contributed by atoms with Crippen LogP contribution in [0.25, 0.3) is 0 Å². The molecule has 0 bridgehead atoms. The zero-order chi connectivity index (χ0) is 17.7. The van der Waals surface area contributed by atoms with Gasteiger partial charge in [-0.2, -0.15) is 4.72 Å². The Morgan fingerprint density at radius 1 is 1.08 bits per heavy atom. The third kappa shape index (κ3) is 4.33. The average molecular weight is 348 g/mol. The van der Waals surface area contributed by atoms with Crippen LogP contribution in [0, 0.1) is 6.92 Å². The Bertz CT molecular complexity index is 817. The van der Waals surface area contributed by atoms with Gasteiger partial charge >= 0.3 is 0 Å². The first-order valence-electron chi connectivity index (χ1n) is 7.36. The minimum atomic E-state index is -3.77. The molecule has 0 aromatic heterocycles. The number of sulfonamides is 1. The fourth-order valence-corrected chi connectivity index (χ4v) is 3.26. The van der Waals surface area contributed by atoms with Crippen molar-refractivity contribution in [3.05, 3.63) is 54.1 Å². The molecule has 1 amide bonds. The first-order chi connectivity index (χ1) is 11.3. The second-order valence-corrected chi connectivity index (χ2v) is 7.06. The summed E-state index contributed by atoms with van der Waals surface area (Å²) in [6, 6.07) is 12.4. The molecule has 0 fully saturated rings. The molecular weight excluding hydrogens is 328 g/mol. The molecule has 2 aromatic rings. The summed E-state index contributed by atoms with van der Waals surface area (Å²) >= 11 is 0. The van der Waals surface area contributed by atoms with E-state index in [0.29, 0.717) is 11.4 Å². The molecule has 2 aromatic carbocycles. The van der Waals surface area contributed by atoms with E-state index in [4.69, 9.17) is 4.74 Å². The van der Waals surface area contributed by atoms with Gasteiger partial charge in [0, 0.05) is 0 Å². The van der Waals surface area contributed by atoms with E-state index in [9.17, 15) is 13.2 Å². The molecular formula is C17H20N2O4S. The number of hydrogen-bond acceptors (Lipinski definition) is 4. The molecule has 2 N–H and O–H groups in total. The first kappa shape index (κ1) is 18.0. The van der Waals surface area contributed by atoms with Crippen LogP contribution in [0.4, 0.5) is 5.69 Å². The molecule has 0 saturated heterocycles. The van der Waals surface area contributed by atoms with Crippen molar-refractivity contribution in [2.75, 3.05) is 12.4 Å². The summed E-state index contributed by atoms with van der Waals surface area (Å²) in [4.78, 5) is 12.4. The van der Waals surface area contributed by atoms with Crippen LogP contribution in [0.2, 0.25) is 0 Å². The quantitative estimate of drug-likeness (QED) is 0.839. The standard InChI is InChI=1S/C17H20N2O4S/c1-12-8-10-14(11-9-12)24(21,22)19-13(2)17(20)18-15-6-4-5-7-16(15)23-3/h4-11,13,19H,1-3H3,(H,18,20). The van der Waals surface area contributed by atoms with Crippen LogP contribution in [0.3, 0.4) is 0 Å². The summed E-state index contributed by atoms with van der Waals surface area (Å²) in [7, 11) is -2.28. The lowest BCUT2D eigenvalue weighted by Crippen LogP contribution is -2.41. The van der Waals surface area contributed by atoms with Gasteiger partial charge in [0.05, 0.1) is 23.7 Å². The number of carbonyl (C=O) groups excluding carboxylic acids is 1. The Morgan fingerprint density at radius 2 is 1.71 bits per heavy atom. The maximum Gasteiger partial charge on any atom is 0.242 e. The topological polar surface area (TPSA) is 84.5 Å². The number of rotatable bonds is 6. The van der Waals surface area contributed by atoms with Crippen molar-refractivity contribution in [3.63, 3.8) is 0 Å². The van der Waals surface area contributed by atoms with Crippen molar-refractivity contribution in [2.45, 2.75) is 24.8 Å². The maximum atomic E-state index is 12.3. The number of amides is 1. The third-order valence-corrected chi connectivity index (χ3v) is 4.98. The smallest absolute Gasteiger partial charge is 0.242 e. The number of carbonyl (C=O) groups is 1. The van der Waals surface area contributed by atoms with E-state index >= 15 is 0 Å². The lowest BCUT2D eigenvalue weighted by molar-refractivity contribution is -0.117. The van der Waals surface area contributed by atoms with E-state index in [1.807, 2.05) is 6.92 Å². The van der Waals surface area contributed by atoms with E-state index in [0.717, 1.165) is 5.56 Å². The number of methoxy groups -OCH3 is 1. The van der Waals surface area contributed by atoms with Gasteiger partial charge in [-0.25, -0.2) is 8.42 Å². The summed E-state index contributed by atoms with van der Waals surface area (Å²) in [6.07, 6.45) is 0. The minimum Gasteiger partial charge on any atom is -0.495 e. The Morgan fingerprint density at radius 3 is 2.33 bits per heavy atom. The fourth-order valence-electron chi connectivity index (χ4n) is 2.06. The van der Waals surface area contributed by atoms with Gasteiger partial charge in [0.2, 0.25) is 15.9 Å². The number of para-hydroxylation sites is 2. The molecule has 2 rings (SSSR count). The van der Waals surface area contributed by atoms with Crippen molar-refractivity contribution < 1.29 is 17.9 Å². The second kappa shape index (κ2) is 7.46. The number of anilines is 1. The van der Waals surface area contributed by atoms with Crippen LogP contribution in [0.15, 0.2) is 53.4 Å². The van der Waals surface area contributed by atoms with Crippen molar-refractivity contribution in [1.82, 2.24) is 4.72 Å². The van der Waals surface area contributed by atoms with Gasteiger partial charge in [0.15, 0.2) is 0 Å². The van der Waals surface area contributed by atoms with Gasteiger partial charge in [0.1, 0.15) is 5.75 Å². The van der Waals surface area contributed by atoms with Gasteiger partial charge < -0.3 is 10.1 Å². The van der Waals surface area contributed by atoms with Crippen molar-refractivity contribution in [3.8, 4) is 5.75 Å². The molecule has 24 heavy (non-hydrogen) atoms. The molecule has 0 spiro atoms. The number of nitrogens with one attached hydrogen (secondary N) is 2. The summed E-state index contributed by atoms with van der Waals surface area (Å²) < 4.78 is 32.2. The van der Waals surface area contributed by atoms with E-state index in [-0.39, 0.29) is 4.90 Å². The molecule has 0 aliphatic carbocycles. The summed E-state index contributed by atoms with van der Waals surface area (Å²) in [5.41, 5.74) is 1.43. The first-order valence-corrected chi connectivity index (χ1v) is 8.84. The number of benzene rings is 2. The fraction of sp³-hybridized carbons (Fsp3) is 0.235. The van der Waals surface area contributed by atoms with Gasteiger partial charge in [0.25, 0.3) is 0 Å². The summed E-state index contributed by atoms with van der Waals surface area (Å²) in [6.45, 7) is 3.35. The Labute approximate surface area is 141 Å². The molecule has 0 heterocycles. The molecule has 0 aliphatic heterocycles. The largest absolute Gasteiger partial charge is 0.495 e. The highest BCUT2D eigenvalue weighted by Gasteiger charge is 2.22. The molecule has 1 unspecified atom stereocenters. The number of aryl methyl sites for hydroxylation is 1. The zero-order valence-electron chi connectivity index (χ0n) is 13.7. The lowest BCUT2D eigenvalue weighted by Gasteiger charge is -2.16. The SMILES string of the molecule is COc1ccccc1NC(=O)C(C)NS(=O)(=O)c1ccc(C)cc1. The van der Waals surface area contributed by atoms with Crippen molar-refractivity contribution in [1.29, 1.82) is 0 Å². The summed E-state index contributed by atoms with van der Waals surface area (Å²) in [5, 5.41) is 2.65. The Hall–Kier alpha value is -2.38.